The van der Waals surface area contributed by atoms with Crippen LogP contribution in [-0.2, 0) is 4.74 Å². The maximum atomic E-state index is 12.5. The number of fused-ring (bicyclic) bond motifs is 1. The van der Waals surface area contributed by atoms with Gasteiger partial charge < -0.3 is 24.3 Å². The maximum Gasteiger partial charge on any atom is 0.573 e. The zero-order valence-electron chi connectivity index (χ0n) is 18.5. The predicted molar refractivity (Wildman–Crippen MR) is 118 cm³/mol. The molecule has 0 aliphatic carbocycles. The number of nitrogens with one attached hydrogen (secondary N) is 1. The van der Waals surface area contributed by atoms with E-state index in [0.717, 1.165) is 39.3 Å². The van der Waals surface area contributed by atoms with Crippen molar-refractivity contribution in [1.29, 1.82) is 0 Å². The van der Waals surface area contributed by atoms with Gasteiger partial charge in [0, 0.05) is 37.5 Å². The molecule has 0 radical (unpaired) electrons. The van der Waals surface area contributed by atoms with Gasteiger partial charge in [-0.2, -0.15) is 0 Å². The first kappa shape index (κ1) is 23.8. The minimum Gasteiger partial charge on any atom is -0.493 e. The SMILES string of the molecule is COc1cc2c(Nc3cccc(OC(F)(F)F)c3)nnnc2cc1OCCCN1CCOCC1. The minimum atomic E-state index is -4.78. The summed E-state index contributed by atoms with van der Waals surface area (Å²) in [5.41, 5.74) is 0.829. The Balaban J connectivity index is 1.47. The van der Waals surface area contributed by atoms with E-state index in [0.29, 0.717) is 40.5 Å². The third kappa shape index (κ3) is 6.35. The lowest BCUT2D eigenvalue weighted by Gasteiger charge is -2.26. The first-order valence-electron chi connectivity index (χ1n) is 10.7. The normalized spacial score (nSPS) is 14.7. The quantitative estimate of drug-likeness (QED) is 0.461. The Bertz CT molecular complexity index is 1110. The van der Waals surface area contributed by atoms with Crippen LogP contribution >= 0.6 is 0 Å². The molecule has 1 saturated heterocycles. The molecule has 34 heavy (non-hydrogen) atoms. The number of anilines is 2. The van der Waals surface area contributed by atoms with Crippen LogP contribution in [0.15, 0.2) is 36.4 Å². The van der Waals surface area contributed by atoms with Gasteiger partial charge in [-0.25, -0.2) is 0 Å². The van der Waals surface area contributed by atoms with Gasteiger partial charge in [-0.15, -0.1) is 23.4 Å². The van der Waals surface area contributed by atoms with E-state index in [2.05, 4.69) is 30.4 Å². The van der Waals surface area contributed by atoms with Gasteiger partial charge in [-0.1, -0.05) is 6.07 Å². The minimum absolute atomic E-state index is 0.298. The summed E-state index contributed by atoms with van der Waals surface area (Å²) in [6, 6.07) is 8.84. The number of nitrogens with zero attached hydrogens (tertiary/aromatic N) is 4. The fraction of sp³-hybridized carbons (Fsp3) is 0.409. The molecule has 182 valence electrons. The van der Waals surface area contributed by atoms with Crippen molar-refractivity contribution in [1.82, 2.24) is 20.3 Å². The molecule has 1 N–H and O–H groups in total. The summed E-state index contributed by atoms with van der Waals surface area (Å²) in [6.07, 6.45) is -3.94. The average molecular weight is 479 g/mol. The zero-order chi connectivity index (χ0) is 24.0. The molecular formula is C22H24F3N5O4. The van der Waals surface area contributed by atoms with Crippen LogP contribution in [-0.4, -0.2) is 73.2 Å². The zero-order valence-corrected chi connectivity index (χ0v) is 18.5. The van der Waals surface area contributed by atoms with Crippen LogP contribution in [0.5, 0.6) is 17.2 Å². The molecule has 1 aliphatic rings. The van der Waals surface area contributed by atoms with E-state index in [1.165, 1.54) is 25.3 Å². The standard InChI is InChI=1S/C22H24F3N5O4/c1-31-19-13-17-18(14-20(19)33-9-3-6-30-7-10-32-11-8-30)27-29-28-21(17)26-15-4-2-5-16(12-15)34-22(23,24)25/h2,4-5,12-14H,3,6-11H2,1H3,(H,26,27,28). The summed E-state index contributed by atoms with van der Waals surface area (Å²) in [4.78, 5) is 2.33. The highest BCUT2D eigenvalue weighted by atomic mass is 19.4. The largest absolute Gasteiger partial charge is 0.573 e. The van der Waals surface area contributed by atoms with Gasteiger partial charge in [0.25, 0.3) is 0 Å². The van der Waals surface area contributed by atoms with Crippen LogP contribution in [0.2, 0.25) is 0 Å². The molecule has 4 rings (SSSR count). The average Bonchev–Trinajstić information content (AvgIpc) is 2.81. The van der Waals surface area contributed by atoms with E-state index in [1.807, 2.05) is 0 Å². The van der Waals surface area contributed by atoms with Crippen LogP contribution in [0.1, 0.15) is 6.42 Å². The Morgan fingerprint density at radius 3 is 2.68 bits per heavy atom. The molecule has 2 heterocycles. The number of aromatic nitrogens is 3. The van der Waals surface area contributed by atoms with E-state index in [-0.39, 0.29) is 5.75 Å². The number of rotatable bonds is 9. The highest BCUT2D eigenvalue weighted by Crippen LogP contribution is 2.35. The Kier molecular flexibility index (Phi) is 7.48. The van der Waals surface area contributed by atoms with E-state index in [9.17, 15) is 13.2 Å². The molecule has 9 nitrogen and oxygen atoms in total. The molecule has 0 amide bonds. The van der Waals surface area contributed by atoms with Crippen molar-refractivity contribution in [2.24, 2.45) is 0 Å². The van der Waals surface area contributed by atoms with Gasteiger partial charge in [-0.05, 0) is 29.8 Å². The number of ether oxygens (including phenoxy) is 4. The first-order valence-corrected chi connectivity index (χ1v) is 10.7. The van der Waals surface area contributed by atoms with Crippen molar-refractivity contribution in [2.75, 3.05) is 51.9 Å². The molecule has 0 unspecified atom stereocenters. The molecule has 0 bridgehead atoms. The van der Waals surface area contributed by atoms with Crippen molar-refractivity contribution in [3.05, 3.63) is 36.4 Å². The monoisotopic (exact) mass is 479 g/mol. The molecule has 0 spiro atoms. The third-order valence-corrected chi connectivity index (χ3v) is 5.14. The number of methoxy groups -OCH3 is 1. The fourth-order valence-corrected chi connectivity index (χ4v) is 3.56. The van der Waals surface area contributed by atoms with Gasteiger partial charge >= 0.3 is 6.36 Å². The van der Waals surface area contributed by atoms with Crippen LogP contribution in [0.25, 0.3) is 10.9 Å². The van der Waals surface area contributed by atoms with Crippen molar-refractivity contribution in [3.63, 3.8) is 0 Å². The third-order valence-electron chi connectivity index (χ3n) is 5.14. The molecule has 2 aromatic carbocycles. The van der Waals surface area contributed by atoms with Crippen molar-refractivity contribution < 1.29 is 32.1 Å². The van der Waals surface area contributed by atoms with Crippen molar-refractivity contribution in [3.8, 4) is 17.2 Å². The van der Waals surface area contributed by atoms with Crippen LogP contribution in [0, 0.1) is 0 Å². The van der Waals surface area contributed by atoms with E-state index in [4.69, 9.17) is 14.2 Å². The molecule has 0 atom stereocenters. The van der Waals surface area contributed by atoms with Gasteiger partial charge in [0.15, 0.2) is 17.3 Å². The van der Waals surface area contributed by atoms with Gasteiger partial charge in [0.2, 0.25) is 0 Å². The molecular weight excluding hydrogens is 455 g/mol. The predicted octanol–water partition coefficient (Wildman–Crippen LogP) is 3.78. The molecule has 3 aromatic rings. The molecule has 1 aromatic heterocycles. The van der Waals surface area contributed by atoms with Crippen molar-refractivity contribution >= 4 is 22.4 Å². The van der Waals surface area contributed by atoms with Crippen LogP contribution in [0.3, 0.4) is 0 Å². The number of benzene rings is 2. The maximum absolute atomic E-state index is 12.5. The highest BCUT2D eigenvalue weighted by Gasteiger charge is 2.31. The molecule has 1 aliphatic heterocycles. The summed E-state index contributed by atoms with van der Waals surface area (Å²) < 4.78 is 58.3. The Morgan fingerprint density at radius 2 is 1.91 bits per heavy atom. The van der Waals surface area contributed by atoms with Gasteiger partial charge in [0.05, 0.1) is 32.3 Å². The molecule has 0 saturated carbocycles. The molecule has 1 fully saturated rings. The Hall–Kier alpha value is -3.38. The lowest BCUT2D eigenvalue weighted by Crippen LogP contribution is -2.37. The van der Waals surface area contributed by atoms with Gasteiger partial charge in [0.1, 0.15) is 11.3 Å². The van der Waals surface area contributed by atoms with E-state index < -0.39 is 6.36 Å². The Morgan fingerprint density at radius 1 is 1.09 bits per heavy atom. The smallest absolute Gasteiger partial charge is 0.493 e. The summed E-state index contributed by atoms with van der Waals surface area (Å²) in [7, 11) is 1.52. The van der Waals surface area contributed by atoms with E-state index in [1.54, 1.807) is 18.2 Å². The number of morpholine rings is 1. The second-order valence-electron chi connectivity index (χ2n) is 7.51. The number of halogens is 3. The summed E-state index contributed by atoms with van der Waals surface area (Å²) in [5, 5.41) is 15.3. The second kappa shape index (κ2) is 10.7. The summed E-state index contributed by atoms with van der Waals surface area (Å²) in [6.45, 7) is 4.75. The topological polar surface area (TPSA) is 90.9 Å². The second-order valence-corrected chi connectivity index (χ2v) is 7.51. The van der Waals surface area contributed by atoms with Crippen LogP contribution in [0.4, 0.5) is 24.7 Å². The lowest BCUT2D eigenvalue weighted by molar-refractivity contribution is -0.274. The number of alkyl halides is 3. The fourth-order valence-electron chi connectivity index (χ4n) is 3.56. The number of hydrogen-bond acceptors (Lipinski definition) is 9. The highest BCUT2D eigenvalue weighted by molar-refractivity contribution is 5.92. The Labute approximate surface area is 193 Å². The van der Waals surface area contributed by atoms with Crippen LogP contribution < -0.4 is 19.5 Å². The lowest BCUT2D eigenvalue weighted by atomic mass is 10.2. The first-order chi connectivity index (χ1) is 16.4. The number of hydrogen-bond donors (Lipinski definition) is 1. The molecule has 12 heteroatoms. The van der Waals surface area contributed by atoms with E-state index >= 15 is 0 Å². The van der Waals surface area contributed by atoms with Crippen molar-refractivity contribution in [2.45, 2.75) is 12.8 Å². The van der Waals surface area contributed by atoms with Gasteiger partial charge in [-0.3, -0.25) is 4.90 Å². The summed E-state index contributed by atoms with van der Waals surface area (Å²) >= 11 is 0. The summed E-state index contributed by atoms with van der Waals surface area (Å²) in [5.74, 6) is 0.940.